The molecule has 4 heterocycles. The number of hydrogen-bond donors (Lipinski definition) is 2. The fraction of sp³-hybridized carbons (Fsp3) is 0. The molecule has 0 spiro atoms. The van der Waals surface area contributed by atoms with Crippen molar-refractivity contribution in [3.8, 4) is 22.8 Å². The number of nitrogens with zero attached hydrogens (tertiary/aromatic N) is 4. The average molecular weight is 414 g/mol. The van der Waals surface area contributed by atoms with Gasteiger partial charge in [0.1, 0.15) is 6.26 Å². The zero-order valence-electron chi connectivity index (χ0n) is 15.8. The van der Waals surface area contributed by atoms with Gasteiger partial charge in [0.2, 0.25) is 5.89 Å². The van der Waals surface area contributed by atoms with Crippen LogP contribution >= 0.6 is 0 Å². The first-order valence-corrected chi connectivity index (χ1v) is 8.99. The lowest BCUT2D eigenvalue weighted by molar-refractivity contribution is 0.0686. The lowest BCUT2D eigenvalue weighted by Gasteiger charge is -2.08. The maximum atomic E-state index is 11.7. The molecule has 0 saturated carbocycles. The van der Waals surface area contributed by atoms with Crippen molar-refractivity contribution in [1.29, 1.82) is 0 Å². The fourth-order valence-corrected chi connectivity index (χ4v) is 2.80. The Labute approximate surface area is 175 Å². The first kappa shape index (κ1) is 19.6. The van der Waals surface area contributed by atoms with Crippen molar-refractivity contribution < 1.29 is 24.2 Å². The van der Waals surface area contributed by atoms with Crippen LogP contribution in [-0.2, 0) is 0 Å². The molecule has 2 N–H and O–H groups in total. The lowest BCUT2D eigenvalue weighted by atomic mass is 10.1. The Balaban J connectivity index is 1.77. The van der Waals surface area contributed by atoms with Crippen LogP contribution in [0.1, 0.15) is 32.2 Å². The molecule has 0 aliphatic rings. The van der Waals surface area contributed by atoms with E-state index in [-0.39, 0.29) is 22.5 Å². The fourth-order valence-electron chi connectivity index (χ4n) is 2.80. The van der Waals surface area contributed by atoms with E-state index >= 15 is 0 Å². The summed E-state index contributed by atoms with van der Waals surface area (Å²) in [6.45, 7) is 0. The third kappa shape index (κ3) is 4.51. The second-order valence-corrected chi connectivity index (χ2v) is 6.34. The summed E-state index contributed by atoms with van der Waals surface area (Å²) in [6.07, 6.45) is 9.37. The Hall–Kier alpha value is -4.66. The van der Waals surface area contributed by atoms with Gasteiger partial charge in [0.05, 0.1) is 40.1 Å². The number of carboxylic acids is 2. The zero-order chi connectivity index (χ0) is 21.8. The van der Waals surface area contributed by atoms with Gasteiger partial charge in [-0.3, -0.25) is 9.97 Å². The summed E-state index contributed by atoms with van der Waals surface area (Å²) in [6, 6.07) is 8.92. The third-order valence-corrected chi connectivity index (χ3v) is 4.26. The molecule has 152 valence electrons. The second kappa shape index (κ2) is 8.37. The van der Waals surface area contributed by atoms with E-state index < -0.39 is 11.9 Å². The summed E-state index contributed by atoms with van der Waals surface area (Å²) in [5, 5.41) is 18.7. The molecule has 0 fully saturated rings. The average Bonchev–Trinajstić information content (AvgIpc) is 3.31. The monoisotopic (exact) mass is 414 g/mol. The number of aromatic nitrogens is 4. The summed E-state index contributed by atoms with van der Waals surface area (Å²) in [5.74, 6) is -1.83. The molecular formula is C22H14N4O5. The van der Waals surface area contributed by atoms with Gasteiger partial charge in [-0.25, -0.2) is 19.6 Å². The van der Waals surface area contributed by atoms with E-state index in [1.807, 2.05) is 0 Å². The first-order valence-electron chi connectivity index (χ1n) is 8.99. The van der Waals surface area contributed by atoms with E-state index in [9.17, 15) is 19.8 Å². The normalized spacial score (nSPS) is 11.0. The van der Waals surface area contributed by atoms with Gasteiger partial charge in [0.15, 0.2) is 0 Å². The highest BCUT2D eigenvalue weighted by Crippen LogP contribution is 2.24. The minimum Gasteiger partial charge on any atom is -0.478 e. The molecule has 0 amide bonds. The number of oxazole rings is 1. The van der Waals surface area contributed by atoms with E-state index in [2.05, 4.69) is 19.9 Å². The highest BCUT2D eigenvalue weighted by Gasteiger charge is 2.14. The Morgan fingerprint density at radius 1 is 0.742 bits per heavy atom. The summed E-state index contributed by atoms with van der Waals surface area (Å²) < 4.78 is 5.16. The molecule has 0 unspecified atom stereocenters. The number of aromatic carboxylic acids is 2. The van der Waals surface area contributed by atoms with E-state index in [0.717, 1.165) is 5.56 Å². The molecule has 0 atom stereocenters. The van der Waals surface area contributed by atoms with Crippen molar-refractivity contribution in [2.45, 2.75) is 0 Å². The topological polar surface area (TPSA) is 139 Å². The van der Waals surface area contributed by atoms with Gasteiger partial charge in [-0.05, 0) is 48.0 Å². The Bertz CT molecular complexity index is 1300. The number of rotatable bonds is 6. The van der Waals surface area contributed by atoms with E-state index in [4.69, 9.17) is 4.42 Å². The molecular weight excluding hydrogens is 400 g/mol. The van der Waals surface area contributed by atoms with Crippen molar-refractivity contribution in [2.75, 3.05) is 0 Å². The van der Waals surface area contributed by atoms with Crippen molar-refractivity contribution in [1.82, 2.24) is 19.9 Å². The van der Waals surface area contributed by atoms with Crippen LogP contribution in [0.25, 0.3) is 34.9 Å². The van der Waals surface area contributed by atoms with Gasteiger partial charge in [-0.15, -0.1) is 0 Å². The summed E-state index contributed by atoms with van der Waals surface area (Å²) in [4.78, 5) is 39.8. The minimum absolute atomic E-state index is 0.0193. The number of carbonyl (C=O) groups is 2. The largest absolute Gasteiger partial charge is 0.478 e. The highest BCUT2D eigenvalue weighted by atomic mass is 16.4. The second-order valence-electron chi connectivity index (χ2n) is 6.34. The van der Waals surface area contributed by atoms with Gasteiger partial charge >= 0.3 is 11.9 Å². The smallest absolute Gasteiger partial charge is 0.335 e. The Kier molecular flexibility index (Phi) is 5.31. The maximum absolute atomic E-state index is 11.7. The molecule has 0 aliphatic carbocycles. The van der Waals surface area contributed by atoms with Crippen molar-refractivity contribution in [3.63, 3.8) is 0 Å². The molecule has 31 heavy (non-hydrogen) atoms. The molecule has 4 rings (SSSR count). The summed E-state index contributed by atoms with van der Waals surface area (Å²) >= 11 is 0. The van der Waals surface area contributed by atoms with Crippen molar-refractivity contribution >= 4 is 24.1 Å². The van der Waals surface area contributed by atoms with Crippen LogP contribution in [0.2, 0.25) is 0 Å². The third-order valence-electron chi connectivity index (χ3n) is 4.26. The molecule has 9 nitrogen and oxygen atoms in total. The molecule has 0 radical (unpaired) electrons. The summed E-state index contributed by atoms with van der Waals surface area (Å²) in [7, 11) is 0. The molecule has 0 bridgehead atoms. The minimum atomic E-state index is -1.15. The predicted molar refractivity (Wildman–Crippen MR) is 110 cm³/mol. The van der Waals surface area contributed by atoms with Gasteiger partial charge < -0.3 is 14.6 Å². The van der Waals surface area contributed by atoms with Gasteiger partial charge in [0, 0.05) is 18.5 Å². The van der Waals surface area contributed by atoms with E-state index in [1.165, 1.54) is 42.9 Å². The molecule has 0 aromatic carbocycles. The van der Waals surface area contributed by atoms with E-state index in [0.29, 0.717) is 17.3 Å². The quantitative estimate of drug-likeness (QED) is 0.482. The first-order chi connectivity index (χ1) is 15.0. The SMILES string of the molecule is O=C(O)c1ccnc(-c2cc(C(=O)O)cc(-c3cc(/C=C/c4ncco4)ccn3)n2)c1. The van der Waals surface area contributed by atoms with Gasteiger partial charge in [0.25, 0.3) is 0 Å². The molecule has 0 aliphatic heterocycles. The zero-order valence-corrected chi connectivity index (χ0v) is 15.8. The van der Waals surface area contributed by atoms with Crippen molar-refractivity contribution in [2.24, 2.45) is 0 Å². The number of hydrogen-bond acceptors (Lipinski definition) is 7. The van der Waals surface area contributed by atoms with Crippen LogP contribution in [0.4, 0.5) is 0 Å². The van der Waals surface area contributed by atoms with Gasteiger partial charge in [-0.1, -0.05) is 0 Å². The van der Waals surface area contributed by atoms with Crippen LogP contribution < -0.4 is 0 Å². The standard InChI is InChI=1S/C22H14N4O5/c27-21(28)14-4-6-24-17(10-14)19-12-15(22(29)30)11-18(26-19)16-9-13(3-5-23-16)1-2-20-25-7-8-31-20/h1-12H,(H,27,28)(H,29,30)/b2-1+. The predicted octanol–water partition coefficient (Wildman–Crippen LogP) is 3.76. The van der Waals surface area contributed by atoms with E-state index in [1.54, 1.807) is 30.5 Å². The van der Waals surface area contributed by atoms with Crippen molar-refractivity contribution in [3.05, 3.63) is 83.8 Å². The van der Waals surface area contributed by atoms with Crippen LogP contribution in [0.5, 0.6) is 0 Å². The number of carboxylic acid groups (broad SMARTS) is 2. The summed E-state index contributed by atoms with van der Waals surface area (Å²) in [5.41, 5.74) is 1.98. The van der Waals surface area contributed by atoms with Crippen LogP contribution in [0.15, 0.2) is 65.7 Å². The van der Waals surface area contributed by atoms with Crippen LogP contribution in [-0.4, -0.2) is 42.1 Å². The maximum Gasteiger partial charge on any atom is 0.335 e. The van der Waals surface area contributed by atoms with Gasteiger partial charge in [-0.2, -0.15) is 0 Å². The van der Waals surface area contributed by atoms with Crippen LogP contribution in [0, 0.1) is 0 Å². The Morgan fingerprint density at radius 2 is 1.39 bits per heavy atom. The Morgan fingerprint density at radius 3 is 2.03 bits per heavy atom. The molecule has 4 aromatic rings. The number of pyridine rings is 3. The van der Waals surface area contributed by atoms with Crippen LogP contribution in [0.3, 0.4) is 0 Å². The highest BCUT2D eigenvalue weighted by molar-refractivity contribution is 5.91. The molecule has 9 heteroatoms. The molecule has 0 saturated heterocycles. The molecule has 4 aromatic heterocycles. The lowest BCUT2D eigenvalue weighted by Crippen LogP contribution is -2.02.